The van der Waals surface area contributed by atoms with Crippen molar-refractivity contribution in [1.82, 2.24) is 0 Å². The van der Waals surface area contributed by atoms with Crippen LogP contribution in [0.4, 0.5) is 5.69 Å². The van der Waals surface area contributed by atoms with Crippen LogP contribution in [-0.4, -0.2) is 32.4 Å². The number of nitrogens with two attached hydrogens (primary N) is 1. The minimum Gasteiger partial charge on any atom is -0.465 e. The van der Waals surface area contributed by atoms with Gasteiger partial charge in [-0.25, -0.2) is 9.59 Å². The molecule has 2 aromatic rings. The Morgan fingerprint density at radius 1 is 1.00 bits per heavy atom. The molecule has 8 heteroatoms. The van der Waals surface area contributed by atoms with Gasteiger partial charge >= 0.3 is 11.9 Å². The summed E-state index contributed by atoms with van der Waals surface area (Å²) in [5.41, 5.74) is 9.95. The van der Waals surface area contributed by atoms with Crippen LogP contribution in [0.25, 0.3) is 0 Å². The molecule has 3 rings (SSSR count). The van der Waals surface area contributed by atoms with Gasteiger partial charge in [0.2, 0.25) is 0 Å². The summed E-state index contributed by atoms with van der Waals surface area (Å²) in [5.74, 6) is -0.727. The lowest BCUT2D eigenvalue weighted by atomic mass is 10.0. The highest BCUT2D eigenvalue weighted by Crippen LogP contribution is 2.25. The molecule has 1 heterocycles. The Kier molecular flexibility index (Phi) is 7.15. The van der Waals surface area contributed by atoms with E-state index in [9.17, 15) is 9.59 Å². The van der Waals surface area contributed by atoms with Crippen LogP contribution < -0.4 is 5.73 Å². The van der Waals surface area contributed by atoms with E-state index in [-0.39, 0.29) is 5.97 Å². The van der Waals surface area contributed by atoms with Gasteiger partial charge < -0.3 is 15.2 Å². The van der Waals surface area contributed by atoms with Crippen molar-refractivity contribution < 1.29 is 19.1 Å². The smallest absolute Gasteiger partial charge is 0.340 e. The molecule has 0 unspecified atom stereocenters. The number of ether oxygens (including phenoxy) is 2. The summed E-state index contributed by atoms with van der Waals surface area (Å²) < 4.78 is 11.0. The standard InChI is InChI=1S/C10H8BrNO2.C9H10BrNO2/c1-14-10(13)8-3-7(11)2-6-4-12-5-9(6)8;1-5-3-6(10)4-7(8(5)11)9(12)13-2/h2-4H,5H2,1H3;3-4H,11H2,1-2H3. The monoisotopic (exact) mass is 496 g/mol. The van der Waals surface area contributed by atoms with Gasteiger partial charge in [0, 0.05) is 20.8 Å². The SMILES string of the molecule is COC(=O)c1cc(Br)cc(C)c1N.COC(=O)c1cc(Br)cc2c1CN=C2. The first-order valence-electron chi connectivity index (χ1n) is 7.83. The average Bonchev–Trinajstić information content (AvgIpc) is 3.11. The maximum Gasteiger partial charge on any atom is 0.340 e. The Labute approximate surface area is 174 Å². The van der Waals surface area contributed by atoms with E-state index in [1.165, 1.54) is 14.2 Å². The van der Waals surface area contributed by atoms with Crippen molar-refractivity contribution in [3.63, 3.8) is 0 Å². The number of halogens is 2. The Bertz CT molecular complexity index is 926. The maximum atomic E-state index is 11.4. The fourth-order valence-electron chi connectivity index (χ4n) is 2.51. The summed E-state index contributed by atoms with van der Waals surface area (Å²) in [7, 11) is 2.71. The van der Waals surface area contributed by atoms with E-state index < -0.39 is 5.97 Å². The van der Waals surface area contributed by atoms with Crippen molar-refractivity contribution in [3.05, 3.63) is 61.0 Å². The van der Waals surface area contributed by atoms with Crippen molar-refractivity contribution in [2.24, 2.45) is 4.99 Å². The summed E-state index contributed by atoms with van der Waals surface area (Å²) in [5, 5.41) is 0. The van der Waals surface area contributed by atoms with Crippen molar-refractivity contribution in [3.8, 4) is 0 Å². The van der Waals surface area contributed by atoms with Crippen LogP contribution in [0, 0.1) is 6.92 Å². The summed E-state index contributed by atoms with van der Waals surface area (Å²) in [6.07, 6.45) is 1.77. The number of anilines is 1. The van der Waals surface area contributed by atoms with Gasteiger partial charge in [-0.1, -0.05) is 31.9 Å². The zero-order chi connectivity index (χ0) is 20.1. The molecule has 142 valence electrons. The zero-order valence-electron chi connectivity index (χ0n) is 15.0. The van der Waals surface area contributed by atoms with E-state index >= 15 is 0 Å². The van der Waals surface area contributed by atoms with Crippen molar-refractivity contribution in [2.45, 2.75) is 13.5 Å². The Hall–Kier alpha value is -2.19. The number of aryl methyl sites for hydroxylation is 1. The highest BCUT2D eigenvalue weighted by atomic mass is 79.9. The van der Waals surface area contributed by atoms with Crippen LogP contribution >= 0.6 is 31.9 Å². The van der Waals surface area contributed by atoms with Crippen molar-refractivity contribution in [2.75, 3.05) is 20.0 Å². The molecule has 0 spiro atoms. The predicted octanol–water partition coefficient (Wildman–Crippen LogP) is 4.29. The molecular weight excluding hydrogens is 480 g/mol. The fourth-order valence-corrected chi connectivity index (χ4v) is 3.56. The third kappa shape index (κ3) is 4.95. The molecule has 6 nitrogen and oxygen atoms in total. The number of fused-ring (bicyclic) bond motifs is 1. The van der Waals surface area contributed by atoms with Crippen molar-refractivity contribution in [1.29, 1.82) is 0 Å². The summed E-state index contributed by atoms with van der Waals surface area (Å²) in [4.78, 5) is 26.8. The molecule has 0 fully saturated rings. The van der Waals surface area contributed by atoms with Gasteiger partial charge in [0.25, 0.3) is 0 Å². The second-order valence-corrected chi connectivity index (χ2v) is 7.49. The molecule has 0 aliphatic carbocycles. The van der Waals surface area contributed by atoms with E-state index in [2.05, 4.69) is 41.6 Å². The Morgan fingerprint density at radius 2 is 1.56 bits per heavy atom. The number of methoxy groups -OCH3 is 2. The lowest BCUT2D eigenvalue weighted by Crippen LogP contribution is -2.06. The first-order valence-corrected chi connectivity index (χ1v) is 9.41. The van der Waals surface area contributed by atoms with Crippen molar-refractivity contribution >= 4 is 55.7 Å². The van der Waals surface area contributed by atoms with E-state index in [1.54, 1.807) is 18.3 Å². The highest BCUT2D eigenvalue weighted by Gasteiger charge is 2.18. The Morgan fingerprint density at radius 3 is 2.19 bits per heavy atom. The molecule has 1 aliphatic heterocycles. The minimum atomic E-state index is -0.415. The molecular formula is C19H18Br2N2O4. The van der Waals surface area contributed by atoms with Crippen LogP contribution in [-0.2, 0) is 16.0 Å². The number of nitrogen functional groups attached to an aromatic ring is 1. The number of hydrogen-bond acceptors (Lipinski definition) is 6. The largest absolute Gasteiger partial charge is 0.465 e. The minimum absolute atomic E-state index is 0.312. The number of benzene rings is 2. The average molecular weight is 498 g/mol. The van der Waals surface area contributed by atoms with E-state index in [1.807, 2.05) is 19.1 Å². The molecule has 0 aromatic heterocycles. The molecule has 0 bridgehead atoms. The van der Waals surface area contributed by atoms with Crippen LogP contribution in [0.1, 0.15) is 37.4 Å². The van der Waals surface area contributed by atoms with Gasteiger partial charge in [-0.3, -0.25) is 4.99 Å². The summed E-state index contributed by atoms with van der Waals surface area (Å²) in [6.45, 7) is 2.40. The molecule has 0 amide bonds. The molecule has 27 heavy (non-hydrogen) atoms. The first kappa shape index (κ1) is 21.1. The van der Waals surface area contributed by atoms with Gasteiger partial charge in [-0.2, -0.15) is 0 Å². The molecule has 2 aromatic carbocycles. The molecule has 0 radical (unpaired) electrons. The quantitative estimate of drug-likeness (QED) is 0.493. The normalized spacial score (nSPS) is 11.3. The van der Waals surface area contributed by atoms with Gasteiger partial charge in [0.05, 0.1) is 31.9 Å². The number of carbonyl (C=O) groups excluding carboxylic acids is 2. The van der Waals surface area contributed by atoms with Crippen LogP contribution in [0.15, 0.2) is 38.2 Å². The van der Waals surface area contributed by atoms with Crippen LogP contribution in [0.5, 0.6) is 0 Å². The van der Waals surface area contributed by atoms with E-state index in [4.69, 9.17) is 10.5 Å². The zero-order valence-corrected chi connectivity index (χ0v) is 18.2. The van der Waals surface area contributed by atoms with Gasteiger partial charge in [0.15, 0.2) is 0 Å². The van der Waals surface area contributed by atoms with E-state index in [0.29, 0.717) is 23.4 Å². The second-order valence-electron chi connectivity index (χ2n) is 5.66. The third-order valence-electron chi connectivity index (χ3n) is 3.89. The van der Waals surface area contributed by atoms with Gasteiger partial charge in [-0.15, -0.1) is 0 Å². The number of aliphatic imine (C=N–C) groups is 1. The molecule has 2 N–H and O–H groups in total. The lowest BCUT2D eigenvalue weighted by molar-refractivity contribution is 0.0591. The third-order valence-corrected chi connectivity index (χ3v) is 4.81. The summed E-state index contributed by atoms with van der Waals surface area (Å²) in [6, 6.07) is 7.20. The van der Waals surface area contributed by atoms with Gasteiger partial charge in [-0.05, 0) is 47.9 Å². The van der Waals surface area contributed by atoms with Gasteiger partial charge in [0.1, 0.15) is 0 Å². The fraction of sp³-hybridized carbons (Fsp3) is 0.211. The number of nitrogens with zero attached hydrogens (tertiary/aromatic N) is 1. The van der Waals surface area contributed by atoms with Crippen LogP contribution in [0.3, 0.4) is 0 Å². The Balaban J connectivity index is 0.000000194. The molecule has 0 saturated heterocycles. The predicted molar refractivity (Wildman–Crippen MR) is 111 cm³/mol. The number of hydrogen-bond donors (Lipinski definition) is 1. The molecule has 0 saturated carbocycles. The van der Waals surface area contributed by atoms with E-state index in [0.717, 1.165) is 25.6 Å². The number of esters is 2. The highest BCUT2D eigenvalue weighted by molar-refractivity contribution is 9.10. The lowest BCUT2D eigenvalue weighted by Gasteiger charge is -2.06. The topological polar surface area (TPSA) is 91.0 Å². The molecule has 1 aliphatic rings. The molecule has 0 atom stereocenters. The first-order chi connectivity index (χ1) is 12.8. The number of carbonyl (C=O) groups is 2. The summed E-state index contributed by atoms with van der Waals surface area (Å²) >= 11 is 6.63. The number of rotatable bonds is 2. The maximum absolute atomic E-state index is 11.4. The second kappa shape index (κ2) is 9.14. The van der Waals surface area contributed by atoms with Crippen LogP contribution in [0.2, 0.25) is 0 Å².